The number of rotatable bonds is 6. The molecule has 1 atom stereocenters. The third kappa shape index (κ3) is 4.45. The summed E-state index contributed by atoms with van der Waals surface area (Å²) in [7, 11) is 1.75. The molecule has 0 aliphatic heterocycles. The number of pyridine rings is 1. The first-order valence-corrected chi connectivity index (χ1v) is 9.93. The number of hydrogen-bond donors (Lipinski definition) is 1. The molecule has 0 amide bonds. The van der Waals surface area contributed by atoms with Gasteiger partial charge >= 0.3 is 0 Å². The Balaban J connectivity index is 1.77. The van der Waals surface area contributed by atoms with E-state index in [1.54, 1.807) is 19.3 Å². The third-order valence-electron chi connectivity index (χ3n) is 5.32. The lowest BCUT2D eigenvalue weighted by molar-refractivity contribution is 0.364. The molecule has 0 saturated carbocycles. The molecule has 0 fully saturated rings. The van der Waals surface area contributed by atoms with Gasteiger partial charge in [0.2, 0.25) is 11.7 Å². The van der Waals surface area contributed by atoms with Crippen LogP contribution in [0.3, 0.4) is 0 Å². The highest BCUT2D eigenvalue weighted by atomic mass is 19.1. The largest absolute Gasteiger partial charge is 0.373 e. The van der Waals surface area contributed by atoms with Gasteiger partial charge in [-0.2, -0.15) is 4.98 Å². The second-order valence-corrected chi connectivity index (χ2v) is 7.48. The number of hydrogen-bond acceptors (Lipinski definition) is 5. The molecule has 31 heavy (non-hydrogen) atoms. The minimum absolute atomic E-state index is 0.282. The highest BCUT2D eigenvalue weighted by Gasteiger charge is 2.24. The molecule has 158 valence electrons. The lowest BCUT2D eigenvalue weighted by atomic mass is 9.90. The van der Waals surface area contributed by atoms with E-state index >= 15 is 0 Å². The fraction of sp³-hybridized carbons (Fsp3) is 0.208. The number of aryl methyl sites for hydroxylation is 2. The second kappa shape index (κ2) is 8.63. The average Bonchev–Trinajstić information content (AvgIpc) is 3.23. The number of anilines is 1. The van der Waals surface area contributed by atoms with Crippen LogP contribution < -0.4 is 5.32 Å². The van der Waals surface area contributed by atoms with Gasteiger partial charge in [0.15, 0.2) is 0 Å². The molecule has 7 heteroatoms. The van der Waals surface area contributed by atoms with Gasteiger partial charge in [-0.05, 0) is 66.8 Å². The summed E-state index contributed by atoms with van der Waals surface area (Å²) in [6.07, 6.45) is 2.12. The van der Waals surface area contributed by atoms with E-state index in [9.17, 15) is 8.78 Å². The molecule has 1 N–H and O–H groups in total. The number of nitrogens with zero attached hydrogens (tertiary/aromatic N) is 3. The summed E-state index contributed by atoms with van der Waals surface area (Å²) in [5, 5.41) is 7.10. The third-order valence-corrected chi connectivity index (χ3v) is 5.32. The maximum atomic E-state index is 14.0. The molecule has 5 nitrogen and oxygen atoms in total. The van der Waals surface area contributed by atoms with Crippen LogP contribution in [0.15, 0.2) is 59.3 Å². The van der Waals surface area contributed by atoms with Crippen molar-refractivity contribution in [2.45, 2.75) is 26.2 Å². The number of aromatic nitrogens is 3. The van der Waals surface area contributed by atoms with Gasteiger partial charge in [-0.15, -0.1) is 0 Å². The van der Waals surface area contributed by atoms with Gasteiger partial charge in [-0.3, -0.25) is 0 Å². The van der Waals surface area contributed by atoms with Crippen LogP contribution in [0.25, 0.3) is 11.4 Å². The standard InChI is InChI=1S/C24H22F2N4O/c1-14-6-7-16(9-15(14)2)10-21(17-11-18(25)13-19(26)12-17)24-29-23(30-31-24)20-5-4-8-28-22(20)27-3/h4-9,11-13,21H,10H2,1-3H3,(H,27,28). The van der Waals surface area contributed by atoms with Gasteiger partial charge in [0.05, 0.1) is 11.5 Å². The number of halogens is 2. The minimum atomic E-state index is -0.649. The van der Waals surface area contributed by atoms with Crippen LogP contribution in [0, 0.1) is 25.5 Å². The van der Waals surface area contributed by atoms with Gasteiger partial charge in [0.25, 0.3) is 0 Å². The van der Waals surface area contributed by atoms with Gasteiger partial charge in [0.1, 0.15) is 17.5 Å². The van der Waals surface area contributed by atoms with E-state index in [2.05, 4.69) is 26.5 Å². The van der Waals surface area contributed by atoms with E-state index in [1.807, 2.05) is 32.0 Å². The smallest absolute Gasteiger partial charge is 0.234 e. The lowest BCUT2D eigenvalue weighted by Crippen LogP contribution is -2.07. The Morgan fingerprint density at radius 1 is 1.00 bits per heavy atom. The van der Waals surface area contributed by atoms with Crippen LogP contribution in [0.2, 0.25) is 0 Å². The Morgan fingerprint density at radius 2 is 1.77 bits per heavy atom. The zero-order valence-corrected chi connectivity index (χ0v) is 17.5. The van der Waals surface area contributed by atoms with Crippen molar-refractivity contribution in [3.8, 4) is 11.4 Å². The highest BCUT2D eigenvalue weighted by Crippen LogP contribution is 2.32. The fourth-order valence-electron chi connectivity index (χ4n) is 3.56. The molecule has 0 saturated heterocycles. The van der Waals surface area contributed by atoms with Crippen LogP contribution in [-0.4, -0.2) is 22.2 Å². The SMILES string of the molecule is CNc1ncccc1-c1noc(C(Cc2ccc(C)c(C)c2)c2cc(F)cc(F)c2)n1. The minimum Gasteiger partial charge on any atom is -0.373 e. The van der Waals surface area contributed by atoms with Gasteiger partial charge in [-0.1, -0.05) is 23.4 Å². The van der Waals surface area contributed by atoms with Crippen LogP contribution in [0.1, 0.15) is 34.1 Å². The topological polar surface area (TPSA) is 63.8 Å². The highest BCUT2D eigenvalue weighted by molar-refractivity contribution is 5.69. The number of nitrogens with one attached hydrogen (secondary N) is 1. The van der Waals surface area contributed by atoms with Crippen molar-refractivity contribution in [2.75, 3.05) is 12.4 Å². The predicted octanol–water partition coefficient (Wildman–Crippen LogP) is 5.44. The first-order chi connectivity index (χ1) is 14.9. The van der Waals surface area contributed by atoms with Crippen molar-refractivity contribution < 1.29 is 13.3 Å². The molecule has 2 heterocycles. The predicted molar refractivity (Wildman–Crippen MR) is 115 cm³/mol. The summed E-state index contributed by atoms with van der Waals surface area (Å²) in [6.45, 7) is 4.07. The van der Waals surface area contributed by atoms with Crippen molar-refractivity contribution in [3.63, 3.8) is 0 Å². The van der Waals surface area contributed by atoms with Crippen molar-refractivity contribution in [1.29, 1.82) is 0 Å². The molecule has 0 aliphatic rings. The molecule has 0 bridgehead atoms. The Morgan fingerprint density at radius 3 is 2.48 bits per heavy atom. The van der Waals surface area contributed by atoms with E-state index in [4.69, 9.17) is 4.52 Å². The van der Waals surface area contributed by atoms with Crippen LogP contribution in [0.5, 0.6) is 0 Å². The molecule has 2 aromatic carbocycles. The molecule has 0 spiro atoms. The first-order valence-electron chi connectivity index (χ1n) is 9.93. The zero-order valence-electron chi connectivity index (χ0n) is 17.5. The Labute approximate surface area is 179 Å². The molecule has 0 radical (unpaired) electrons. The van der Waals surface area contributed by atoms with Gasteiger partial charge in [0, 0.05) is 19.3 Å². The zero-order chi connectivity index (χ0) is 22.0. The van der Waals surface area contributed by atoms with Crippen molar-refractivity contribution in [2.24, 2.45) is 0 Å². The molecular formula is C24H22F2N4O. The summed E-state index contributed by atoms with van der Waals surface area (Å²) >= 11 is 0. The van der Waals surface area contributed by atoms with Crippen molar-refractivity contribution >= 4 is 5.82 Å². The molecule has 2 aromatic heterocycles. The summed E-state index contributed by atoms with van der Waals surface area (Å²) < 4.78 is 33.6. The monoisotopic (exact) mass is 420 g/mol. The Hall–Kier alpha value is -3.61. The van der Waals surface area contributed by atoms with E-state index in [1.165, 1.54) is 17.7 Å². The van der Waals surface area contributed by atoms with Gasteiger partial charge < -0.3 is 9.84 Å². The maximum Gasteiger partial charge on any atom is 0.234 e. The Kier molecular flexibility index (Phi) is 5.75. The average molecular weight is 420 g/mol. The fourth-order valence-corrected chi connectivity index (χ4v) is 3.56. The second-order valence-electron chi connectivity index (χ2n) is 7.48. The van der Waals surface area contributed by atoms with Gasteiger partial charge in [-0.25, -0.2) is 13.8 Å². The maximum absolute atomic E-state index is 14.0. The Bertz CT molecular complexity index is 1200. The molecule has 4 rings (SSSR count). The van der Waals surface area contributed by atoms with E-state index in [0.717, 1.165) is 17.2 Å². The molecule has 1 unspecified atom stereocenters. The summed E-state index contributed by atoms with van der Waals surface area (Å²) in [6, 6.07) is 13.2. The van der Waals surface area contributed by atoms with E-state index in [-0.39, 0.29) is 5.89 Å². The lowest BCUT2D eigenvalue weighted by Gasteiger charge is -2.15. The van der Waals surface area contributed by atoms with Crippen LogP contribution in [-0.2, 0) is 6.42 Å². The number of benzene rings is 2. The summed E-state index contributed by atoms with van der Waals surface area (Å²) in [5.41, 5.74) is 4.44. The normalized spacial score (nSPS) is 12.0. The first kappa shape index (κ1) is 20.7. The van der Waals surface area contributed by atoms with Crippen LogP contribution >= 0.6 is 0 Å². The molecular weight excluding hydrogens is 398 g/mol. The summed E-state index contributed by atoms with van der Waals surface area (Å²) in [4.78, 5) is 8.82. The van der Waals surface area contributed by atoms with Crippen LogP contribution in [0.4, 0.5) is 14.6 Å². The van der Waals surface area contributed by atoms with E-state index < -0.39 is 17.6 Å². The summed E-state index contributed by atoms with van der Waals surface area (Å²) in [5.74, 6) is -0.562. The molecule has 4 aromatic rings. The molecule has 0 aliphatic carbocycles. The van der Waals surface area contributed by atoms with Crippen molar-refractivity contribution in [3.05, 3.63) is 94.5 Å². The quantitative estimate of drug-likeness (QED) is 0.450. The van der Waals surface area contributed by atoms with E-state index in [0.29, 0.717) is 29.2 Å². The van der Waals surface area contributed by atoms with Crippen molar-refractivity contribution in [1.82, 2.24) is 15.1 Å².